The summed E-state index contributed by atoms with van der Waals surface area (Å²) in [5.41, 5.74) is 6.40. The summed E-state index contributed by atoms with van der Waals surface area (Å²) in [4.78, 5) is 0.254. The van der Waals surface area contributed by atoms with Crippen LogP contribution in [-0.2, 0) is 14.8 Å². The molecule has 1 aromatic rings. The molecule has 0 aliphatic carbocycles. The smallest absolute Gasteiger partial charge is 0.240 e. The zero-order valence-electron chi connectivity index (χ0n) is 12.8. The molecule has 6 nitrogen and oxygen atoms in total. The van der Waals surface area contributed by atoms with Crippen LogP contribution in [0.2, 0.25) is 0 Å². The number of nitrogens with two attached hydrogens (primary N) is 1. The van der Waals surface area contributed by atoms with Crippen LogP contribution >= 0.6 is 0 Å². The lowest BCUT2D eigenvalue weighted by molar-refractivity contribution is 0.183. The Morgan fingerprint density at radius 1 is 1.24 bits per heavy atom. The highest BCUT2D eigenvalue weighted by molar-refractivity contribution is 7.89. The fourth-order valence-corrected chi connectivity index (χ4v) is 3.19. The first-order valence-electron chi connectivity index (χ1n) is 6.97. The van der Waals surface area contributed by atoms with Crippen molar-refractivity contribution in [3.05, 3.63) is 24.3 Å². The summed E-state index contributed by atoms with van der Waals surface area (Å²) < 4.78 is 31.7. The van der Waals surface area contributed by atoms with Crippen LogP contribution in [0.5, 0.6) is 0 Å². The molecule has 0 aliphatic rings. The van der Waals surface area contributed by atoms with E-state index in [1.807, 2.05) is 0 Å². The summed E-state index contributed by atoms with van der Waals surface area (Å²) in [7, 11) is -1.81. The number of rotatable bonds is 9. The highest BCUT2D eigenvalue weighted by Crippen LogP contribution is 2.15. The van der Waals surface area contributed by atoms with Gasteiger partial charge in [0.05, 0.1) is 17.5 Å². The van der Waals surface area contributed by atoms with Crippen molar-refractivity contribution in [1.82, 2.24) is 4.72 Å². The number of sulfonamides is 1. The number of anilines is 1. The second kappa shape index (κ2) is 8.33. The van der Waals surface area contributed by atoms with Crippen molar-refractivity contribution < 1.29 is 13.2 Å². The predicted octanol–water partition coefficient (Wildman–Crippen LogP) is 1.15. The van der Waals surface area contributed by atoms with Gasteiger partial charge in [0.1, 0.15) is 0 Å². The van der Waals surface area contributed by atoms with E-state index in [9.17, 15) is 8.42 Å². The second-order valence-corrected chi connectivity index (χ2v) is 6.89. The third kappa shape index (κ3) is 6.01. The van der Waals surface area contributed by atoms with Crippen molar-refractivity contribution in [2.24, 2.45) is 5.73 Å². The van der Waals surface area contributed by atoms with Crippen LogP contribution in [0, 0.1) is 0 Å². The van der Waals surface area contributed by atoms with E-state index in [4.69, 9.17) is 10.5 Å². The van der Waals surface area contributed by atoms with E-state index >= 15 is 0 Å². The molecule has 0 amide bonds. The van der Waals surface area contributed by atoms with Gasteiger partial charge in [-0.05, 0) is 51.1 Å². The van der Waals surface area contributed by atoms with Crippen LogP contribution < -0.4 is 15.8 Å². The largest absolute Gasteiger partial charge is 0.383 e. The Morgan fingerprint density at radius 2 is 1.86 bits per heavy atom. The Bertz CT molecular complexity index is 509. The third-order valence-corrected chi connectivity index (χ3v) is 4.48. The molecule has 0 heterocycles. The fraction of sp³-hybridized carbons (Fsp3) is 0.571. The lowest BCUT2D eigenvalue weighted by Crippen LogP contribution is -2.30. The van der Waals surface area contributed by atoms with E-state index in [2.05, 4.69) is 10.0 Å². The van der Waals surface area contributed by atoms with Crippen LogP contribution in [0.15, 0.2) is 29.2 Å². The van der Waals surface area contributed by atoms with Crippen LogP contribution in [0.25, 0.3) is 0 Å². The molecule has 0 spiro atoms. The van der Waals surface area contributed by atoms with Crippen molar-refractivity contribution in [1.29, 1.82) is 0 Å². The van der Waals surface area contributed by atoms with E-state index in [0.29, 0.717) is 13.2 Å². The molecule has 1 atom stereocenters. The van der Waals surface area contributed by atoms with Gasteiger partial charge in [0.15, 0.2) is 0 Å². The maximum absolute atomic E-state index is 12.0. The van der Waals surface area contributed by atoms with Gasteiger partial charge in [0.25, 0.3) is 0 Å². The third-order valence-electron chi connectivity index (χ3n) is 2.81. The first-order chi connectivity index (χ1) is 9.89. The average Bonchev–Trinajstić information content (AvgIpc) is 2.38. The fourth-order valence-electron chi connectivity index (χ4n) is 1.94. The number of nitrogens with one attached hydrogen (secondary N) is 2. The molecule has 1 unspecified atom stereocenters. The van der Waals surface area contributed by atoms with E-state index < -0.39 is 10.0 Å². The zero-order chi connectivity index (χ0) is 15.9. The molecule has 1 aromatic carbocycles. The van der Waals surface area contributed by atoms with Gasteiger partial charge in [-0.1, -0.05) is 0 Å². The lowest BCUT2D eigenvalue weighted by atomic mass is 10.2. The minimum Gasteiger partial charge on any atom is -0.383 e. The Morgan fingerprint density at radius 3 is 2.33 bits per heavy atom. The number of benzene rings is 1. The van der Waals surface area contributed by atoms with E-state index in [-0.39, 0.29) is 17.0 Å². The summed E-state index contributed by atoms with van der Waals surface area (Å²) in [5, 5.41) is 3.28. The summed E-state index contributed by atoms with van der Waals surface area (Å²) in [5.74, 6) is 0. The van der Waals surface area contributed by atoms with Crippen molar-refractivity contribution in [2.45, 2.75) is 37.2 Å². The van der Waals surface area contributed by atoms with Gasteiger partial charge in [0, 0.05) is 18.8 Å². The van der Waals surface area contributed by atoms with Gasteiger partial charge in [-0.25, -0.2) is 13.1 Å². The van der Waals surface area contributed by atoms with Crippen LogP contribution in [0.1, 0.15) is 20.3 Å². The van der Waals surface area contributed by atoms with Gasteiger partial charge in [-0.2, -0.15) is 0 Å². The average molecular weight is 315 g/mol. The molecule has 0 bridgehead atoms. The first kappa shape index (κ1) is 17.9. The minimum atomic E-state index is -3.45. The van der Waals surface area contributed by atoms with E-state index in [0.717, 1.165) is 12.1 Å². The van der Waals surface area contributed by atoms with E-state index in [1.165, 1.54) is 0 Å². The molecular formula is C14H25N3O3S. The minimum absolute atomic E-state index is 0.108. The van der Waals surface area contributed by atoms with Crippen LogP contribution in [-0.4, -0.2) is 40.8 Å². The summed E-state index contributed by atoms with van der Waals surface area (Å²) in [6.07, 6.45) is 0.781. The van der Waals surface area contributed by atoms with Gasteiger partial charge in [-0.15, -0.1) is 0 Å². The Balaban J connectivity index is 2.77. The number of ether oxygens (including phenoxy) is 1. The highest BCUT2D eigenvalue weighted by Gasteiger charge is 2.15. The number of hydrogen-bond donors (Lipinski definition) is 3. The maximum Gasteiger partial charge on any atom is 0.240 e. The molecule has 7 heteroatoms. The molecule has 4 N–H and O–H groups in total. The van der Waals surface area contributed by atoms with Crippen molar-refractivity contribution in [2.75, 3.05) is 25.6 Å². The first-order valence-corrected chi connectivity index (χ1v) is 8.45. The van der Waals surface area contributed by atoms with Gasteiger partial charge in [0.2, 0.25) is 10.0 Å². The summed E-state index contributed by atoms with van der Waals surface area (Å²) in [6, 6.07) is 6.63. The highest BCUT2D eigenvalue weighted by atomic mass is 32.2. The van der Waals surface area contributed by atoms with Crippen molar-refractivity contribution >= 4 is 15.7 Å². The van der Waals surface area contributed by atoms with Gasteiger partial charge < -0.3 is 15.8 Å². The van der Waals surface area contributed by atoms with E-state index in [1.54, 1.807) is 45.2 Å². The number of hydrogen-bond acceptors (Lipinski definition) is 5. The molecule has 0 fully saturated rings. The molecule has 0 radical (unpaired) electrons. The van der Waals surface area contributed by atoms with Crippen molar-refractivity contribution in [3.63, 3.8) is 0 Å². The summed E-state index contributed by atoms with van der Waals surface area (Å²) >= 11 is 0. The quantitative estimate of drug-likeness (QED) is 0.635. The van der Waals surface area contributed by atoms with Crippen LogP contribution in [0.3, 0.4) is 0 Å². The molecular weight excluding hydrogens is 290 g/mol. The monoisotopic (exact) mass is 315 g/mol. The van der Waals surface area contributed by atoms with Gasteiger partial charge in [-0.3, -0.25) is 0 Å². The Kier molecular flexibility index (Phi) is 7.10. The standard InChI is InChI=1S/C14H25N3O3S/c1-11(2)17-21(18,19)14-6-4-12(5-7-14)16-13(8-9-15)10-20-3/h4-7,11,13,16-17H,8-10,15H2,1-3H3. The molecule has 1 rings (SSSR count). The Hall–Kier alpha value is -1.15. The number of methoxy groups -OCH3 is 1. The predicted molar refractivity (Wildman–Crippen MR) is 84.9 cm³/mol. The molecule has 0 saturated carbocycles. The molecule has 21 heavy (non-hydrogen) atoms. The second-order valence-electron chi connectivity index (χ2n) is 5.17. The molecule has 0 saturated heterocycles. The SMILES string of the molecule is COCC(CCN)Nc1ccc(S(=O)(=O)NC(C)C)cc1. The topological polar surface area (TPSA) is 93.4 Å². The van der Waals surface area contributed by atoms with Gasteiger partial charge >= 0.3 is 0 Å². The molecule has 0 aromatic heterocycles. The van der Waals surface area contributed by atoms with Crippen molar-refractivity contribution in [3.8, 4) is 0 Å². The Labute approximate surface area is 127 Å². The molecule has 0 aliphatic heterocycles. The van der Waals surface area contributed by atoms with Crippen LogP contribution in [0.4, 0.5) is 5.69 Å². The molecule has 120 valence electrons. The zero-order valence-corrected chi connectivity index (χ0v) is 13.6. The summed E-state index contributed by atoms with van der Waals surface area (Å²) in [6.45, 7) is 4.68. The maximum atomic E-state index is 12.0. The normalized spacial score (nSPS) is 13.4. The lowest BCUT2D eigenvalue weighted by Gasteiger charge is -2.18.